The molecule has 2 aromatic carbocycles. The number of nitrogens with two attached hydrogens (primary N) is 1. The Morgan fingerprint density at radius 1 is 0.837 bits per heavy atom. The number of hydrogen-bond donors (Lipinski definition) is 1. The van der Waals surface area contributed by atoms with E-state index < -0.39 is 17.8 Å². The molecule has 0 radical (unpaired) electrons. The first-order valence-electron chi connectivity index (χ1n) is 17.0. The number of para-hydroxylation sites is 1. The molecule has 2 aliphatic rings. The Bertz CT molecular complexity index is 1780. The topological polar surface area (TPSA) is 163 Å². The highest BCUT2D eigenvalue weighted by Gasteiger charge is 2.33. The van der Waals surface area contributed by atoms with Crippen LogP contribution in [0.5, 0.6) is 11.5 Å². The smallest absolute Gasteiger partial charge is 0.333 e. The Morgan fingerprint density at radius 2 is 1.51 bits per heavy atom. The second-order valence-electron chi connectivity index (χ2n) is 12.5. The molecule has 13 heteroatoms. The maximum absolute atomic E-state index is 13.2. The minimum atomic E-state index is -0.562. The number of ether oxygens (including phenoxy) is 1. The summed E-state index contributed by atoms with van der Waals surface area (Å²) in [4.78, 5) is 63.9. The molecule has 256 valence electrons. The summed E-state index contributed by atoms with van der Waals surface area (Å²) in [5.41, 5.74) is 8.57. The summed E-state index contributed by atoms with van der Waals surface area (Å²) >= 11 is 0. The van der Waals surface area contributed by atoms with Crippen LogP contribution >= 0.6 is 0 Å². The van der Waals surface area contributed by atoms with Crippen LogP contribution in [0, 0.1) is 0 Å². The summed E-state index contributed by atoms with van der Waals surface area (Å²) < 4.78 is 7.87. The molecule has 13 nitrogen and oxygen atoms in total. The second kappa shape index (κ2) is 15.7. The van der Waals surface area contributed by atoms with Crippen LogP contribution in [0.1, 0.15) is 83.1 Å². The van der Waals surface area contributed by atoms with Crippen molar-refractivity contribution < 1.29 is 28.8 Å². The van der Waals surface area contributed by atoms with Crippen LogP contribution in [0.2, 0.25) is 0 Å². The van der Waals surface area contributed by atoms with Crippen molar-refractivity contribution in [3.8, 4) is 22.8 Å². The van der Waals surface area contributed by atoms with E-state index in [1.54, 1.807) is 0 Å². The van der Waals surface area contributed by atoms with Crippen molar-refractivity contribution in [2.24, 2.45) is 0 Å². The van der Waals surface area contributed by atoms with Crippen LogP contribution in [-0.4, -0.2) is 66.5 Å². The van der Waals surface area contributed by atoms with Crippen LogP contribution in [-0.2, 0) is 24.0 Å². The SMILES string of the molecule is Nc1ncnc2c1c(-c1ccc(Oc3ccccc3)cc1)nn2[C@@H]1CCCN(C(=O)CCCCCCCCC(=O)ON2C(=O)CCC2=O)C1. The average molecular weight is 668 g/mol. The molecule has 0 unspecified atom stereocenters. The summed E-state index contributed by atoms with van der Waals surface area (Å²) in [5, 5.41) is 6.28. The standard InChI is InChI=1S/C36H41N7O6/c37-35-33-34(25-16-18-28(19-17-25)48-27-12-6-5-7-13-27)40-42(36(33)39-24-38-35)26-11-10-22-41(23-26)29(44)14-8-3-1-2-4-9-15-32(47)49-43-30(45)20-21-31(43)46/h5-7,12-13,16-19,24,26H,1-4,8-11,14-15,20-23H2,(H2,37,38,39)/t26-/m1/s1. The molecule has 2 aliphatic heterocycles. The molecule has 0 bridgehead atoms. The molecule has 2 fully saturated rings. The van der Waals surface area contributed by atoms with Crippen molar-refractivity contribution >= 4 is 40.5 Å². The molecule has 4 aromatic rings. The van der Waals surface area contributed by atoms with Crippen LogP contribution in [0.3, 0.4) is 0 Å². The first-order chi connectivity index (χ1) is 23.9. The number of benzene rings is 2. The van der Waals surface area contributed by atoms with E-state index in [2.05, 4.69) is 9.97 Å². The molecule has 1 atom stereocenters. The highest BCUT2D eigenvalue weighted by atomic mass is 16.7. The Hall–Kier alpha value is -5.33. The van der Waals surface area contributed by atoms with Gasteiger partial charge in [-0.25, -0.2) is 19.4 Å². The van der Waals surface area contributed by atoms with E-state index in [1.807, 2.05) is 64.2 Å². The Kier molecular flexibility index (Phi) is 10.8. The molecular weight excluding hydrogens is 626 g/mol. The van der Waals surface area contributed by atoms with Gasteiger partial charge in [-0.05, 0) is 62.1 Å². The third-order valence-electron chi connectivity index (χ3n) is 8.94. The lowest BCUT2D eigenvalue weighted by Gasteiger charge is -2.33. The minimum absolute atomic E-state index is 0.0441. The number of carbonyl (C=O) groups excluding carboxylic acids is 4. The zero-order valence-electron chi connectivity index (χ0n) is 27.5. The van der Waals surface area contributed by atoms with Gasteiger partial charge in [0.05, 0.1) is 11.4 Å². The highest BCUT2D eigenvalue weighted by Crippen LogP contribution is 2.35. The summed E-state index contributed by atoms with van der Waals surface area (Å²) in [6, 6.07) is 17.2. The predicted octanol–water partition coefficient (Wildman–Crippen LogP) is 5.76. The van der Waals surface area contributed by atoms with Crippen molar-refractivity contribution in [2.75, 3.05) is 18.8 Å². The van der Waals surface area contributed by atoms with Gasteiger partial charge in [0.2, 0.25) is 5.91 Å². The highest BCUT2D eigenvalue weighted by molar-refractivity contribution is 6.01. The number of likely N-dealkylation sites (tertiary alicyclic amines) is 1. The van der Waals surface area contributed by atoms with Gasteiger partial charge in [-0.2, -0.15) is 5.10 Å². The van der Waals surface area contributed by atoms with Crippen molar-refractivity contribution in [1.29, 1.82) is 0 Å². The number of carbonyl (C=O) groups is 4. The number of hydroxylamine groups is 2. The number of hydrogen-bond acceptors (Lipinski definition) is 10. The Morgan fingerprint density at radius 3 is 2.24 bits per heavy atom. The zero-order chi connectivity index (χ0) is 34.2. The van der Waals surface area contributed by atoms with Crippen molar-refractivity contribution in [1.82, 2.24) is 29.7 Å². The number of nitrogens with zero attached hydrogens (tertiary/aromatic N) is 6. The maximum atomic E-state index is 13.2. The van der Waals surface area contributed by atoms with Crippen molar-refractivity contribution in [2.45, 2.75) is 83.1 Å². The summed E-state index contributed by atoms with van der Waals surface area (Å²) in [7, 11) is 0. The Labute approximate surface area is 284 Å². The van der Waals surface area contributed by atoms with Crippen molar-refractivity contribution in [3.63, 3.8) is 0 Å². The number of imide groups is 1. The fourth-order valence-corrected chi connectivity index (χ4v) is 6.35. The summed E-state index contributed by atoms with van der Waals surface area (Å²) in [6.45, 7) is 1.26. The third kappa shape index (κ3) is 8.22. The normalized spacial score (nSPS) is 16.4. The van der Waals surface area contributed by atoms with E-state index in [0.717, 1.165) is 56.3 Å². The number of nitrogen functional groups attached to an aromatic ring is 1. The zero-order valence-corrected chi connectivity index (χ0v) is 27.5. The molecule has 0 saturated carbocycles. The fourth-order valence-electron chi connectivity index (χ4n) is 6.35. The van der Waals surface area contributed by atoms with Crippen LogP contribution in [0.4, 0.5) is 5.82 Å². The lowest BCUT2D eigenvalue weighted by atomic mass is 10.0. The van der Waals surface area contributed by atoms with E-state index in [-0.39, 0.29) is 31.2 Å². The first-order valence-corrected chi connectivity index (χ1v) is 17.0. The molecule has 2 saturated heterocycles. The fraction of sp³-hybridized carbons (Fsp3) is 0.417. The van der Waals surface area contributed by atoms with E-state index in [1.165, 1.54) is 6.33 Å². The molecule has 49 heavy (non-hydrogen) atoms. The maximum Gasteiger partial charge on any atom is 0.333 e. The van der Waals surface area contributed by atoms with E-state index in [4.69, 9.17) is 20.4 Å². The largest absolute Gasteiger partial charge is 0.457 e. The summed E-state index contributed by atoms with van der Waals surface area (Å²) in [5.74, 6) is 0.456. The van der Waals surface area contributed by atoms with E-state index in [9.17, 15) is 19.2 Å². The van der Waals surface area contributed by atoms with Gasteiger partial charge in [-0.1, -0.05) is 43.9 Å². The molecule has 2 aromatic heterocycles. The van der Waals surface area contributed by atoms with Gasteiger partial charge in [0.25, 0.3) is 11.8 Å². The van der Waals surface area contributed by atoms with Gasteiger partial charge in [0, 0.05) is 44.3 Å². The second-order valence-corrected chi connectivity index (χ2v) is 12.5. The van der Waals surface area contributed by atoms with Crippen LogP contribution in [0.25, 0.3) is 22.3 Å². The van der Waals surface area contributed by atoms with Gasteiger partial charge < -0.3 is 20.2 Å². The van der Waals surface area contributed by atoms with Gasteiger partial charge >= 0.3 is 5.97 Å². The third-order valence-corrected chi connectivity index (χ3v) is 8.94. The number of anilines is 1. The molecule has 0 aliphatic carbocycles. The first kappa shape index (κ1) is 33.6. The van der Waals surface area contributed by atoms with Crippen molar-refractivity contribution in [3.05, 3.63) is 60.9 Å². The van der Waals surface area contributed by atoms with Gasteiger partial charge in [-0.3, -0.25) is 14.4 Å². The van der Waals surface area contributed by atoms with Crippen LogP contribution < -0.4 is 10.5 Å². The monoisotopic (exact) mass is 667 g/mol. The lowest BCUT2D eigenvalue weighted by Crippen LogP contribution is -2.40. The molecule has 0 spiro atoms. The number of aromatic nitrogens is 4. The quantitative estimate of drug-likeness (QED) is 0.129. The number of amides is 3. The lowest BCUT2D eigenvalue weighted by molar-refractivity contribution is -0.197. The number of fused-ring (bicyclic) bond motifs is 1. The van der Waals surface area contributed by atoms with Crippen LogP contribution in [0.15, 0.2) is 60.9 Å². The average Bonchev–Trinajstić information content (AvgIpc) is 3.66. The van der Waals surface area contributed by atoms with E-state index in [0.29, 0.717) is 59.3 Å². The molecule has 2 N–H and O–H groups in total. The minimum Gasteiger partial charge on any atom is -0.457 e. The predicted molar refractivity (Wildman–Crippen MR) is 181 cm³/mol. The Balaban J connectivity index is 0.981. The van der Waals surface area contributed by atoms with Gasteiger partial charge in [0.1, 0.15) is 29.3 Å². The molecular formula is C36H41N7O6. The molecule has 6 rings (SSSR count). The number of piperidine rings is 1. The van der Waals surface area contributed by atoms with E-state index >= 15 is 0 Å². The summed E-state index contributed by atoms with van der Waals surface area (Å²) in [6.07, 6.45) is 9.05. The molecule has 4 heterocycles. The number of unbranched alkanes of at least 4 members (excludes halogenated alkanes) is 5. The number of rotatable bonds is 14. The molecule has 3 amide bonds. The van der Waals surface area contributed by atoms with Gasteiger partial charge in [0.15, 0.2) is 5.65 Å². The van der Waals surface area contributed by atoms with Gasteiger partial charge in [-0.15, -0.1) is 5.06 Å².